The quantitative estimate of drug-likeness (QED) is 0.150. The molecule has 2 atom stereocenters. The maximum Gasteiger partial charge on any atom is 0.249 e. The van der Waals surface area contributed by atoms with Crippen molar-refractivity contribution in [3.8, 4) is 5.75 Å². The Hall–Kier alpha value is -3.96. The predicted molar refractivity (Wildman–Crippen MR) is 193 cm³/mol. The Bertz CT molecular complexity index is 1840. The average molecular weight is 687 g/mol. The third kappa shape index (κ3) is 7.94. The van der Waals surface area contributed by atoms with Crippen LogP contribution < -0.4 is 4.74 Å². The topological polar surface area (TPSA) is 84.3 Å². The number of carbonyl (C=O) groups is 1. The summed E-state index contributed by atoms with van der Waals surface area (Å²) in [6.07, 6.45) is 0. The number of carbonyl (C=O) groups excluding carboxylic acids is 1. The van der Waals surface area contributed by atoms with E-state index >= 15 is 0 Å². The Morgan fingerprint density at radius 2 is 1.59 bits per heavy atom. The molecule has 1 aliphatic rings. The van der Waals surface area contributed by atoms with Crippen LogP contribution in [0.4, 0.5) is 0 Å². The van der Waals surface area contributed by atoms with Gasteiger partial charge < -0.3 is 23.8 Å². The van der Waals surface area contributed by atoms with Gasteiger partial charge in [0.05, 0.1) is 24.7 Å². The first kappa shape index (κ1) is 36.3. The normalized spacial score (nSPS) is 15.4. The standard InChI is InChI=1S/C39H50N4O5S/c1-28-24-36(47-7)29(2)30(3)39(28)49(45,46)41(25-32-14-10-8-11-15-32)22-23-48-27-37(44)43-21-20-42-34(26-40(5)6)18-19-35(42)38(43)31(4)33-16-12-9-13-17-33/h8-19,24,31,38H,20-23,25-27H2,1-7H3. The van der Waals surface area contributed by atoms with E-state index < -0.39 is 10.0 Å². The number of benzene rings is 3. The second-order valence-electron chi connectivity index (χ2n) is 13.2. The Kier molecular flexibility index (Phi) is 11.7. The second-order valence-corrected chi connectivity index (χ2v) is 15.1. The van der Waals surface area contributed by atoms with Crippen LogP contribution >= 0.6 is 0 Å². The van der Waals surface area contributed by atoms with Crippen LogP contribution in [-0.4, -0.2) is 80.5 Å². The first-order valence-electron chi connectivity index (χ1n) is 16.9. The largest absolute Gasteiger partial charge is 0.496 e. The molecule has 5 rings (SSSR count). The lowest BCUT2D eigenvalue weighted by molar-refractivity contribution is -0.140. The Morgan fingerprint density at radius 1 is 0.918 bits per heavy atom. The van der Waals surface area contributed by atoms with E-state index in [0.717, 1.165) is 28.9 Å². The molecular formula is C39H50N4O5S. The number of nitrogens with zero attached hydrogens (tertiary/aromatic N) is 4. The highest BCUT2D eigenvalue weighted by Crippen LogP contribution is 2.39. The molecule has 1 amide bonds. The summed E-state index contributed by atoms with van der Waals surface area (Å²) in [6, 6.07) is 25.8. The molecule has 0 aliphatic carbocycles. The Balaban J connectivity index is 1.34. The first-order valence-corrected chi connectivity index (χ1v) is 18.3. The van der Waals surface area contributed by atoms with Crippen LogP contribution in [0.5, 0.6) is 5.75 Å². The van der Waals surface area contributed by atoms with Crippen LogP contribution in [-0.2, 0) is 39.2 Å². The maximum absolute atomic E-state index is 14.3. The first-order chi connectivity index (χ1) is 23.4. The highest BCUT2D eigenvalue weighted by atomic mass is 32.2. The summed E-state index contributed by atoms with van der Waals surface area (Å²) in [5.74, 6) is 0.603. The van der Waals surface area contributed by atoms with Crippen molar-refractivity contribution in [1.82, 2.24) is 18.7 Å². The van der Waals surface area contributed by atoms with Gasteiger partial charge in [0.2, 0.25) is 15.9 Å². The van der Waals surface area contributed by atoms with Gasteiger partial charge in [0.1, 0.15) is 12.4 Å². The fraction of sp³-hybridized carbons (Fsp3) is 0.410. The number of hydrogen-bond acceptors (Lipinski definition) is 6. The maximum atomic E-state index is 14.3. The highest BCUT2D eigenvalue weighted by Gasteiger charge is 2.36. The number of sulfonamides is 1. The monoisotopic (exact) mass is 686 g/mol. The third-order valence-electron chi connectivity index (χ3n) is 9.61. The summed E-state index contributed by atoms with van der Waals surface area (Å²) >= 11 is 0. The molecule has 10 heteroatoms. The smallest absolute Gasteiger partial charge is 0.249 e. The molecule has 0 bridgehead atoms. The third-order valence-corrected chi connectivity index (χ3v) is 11.7. The molecular weight excluding hydrogens is 637 g/mol. The van der Waals surface area contributed by atoms with Gasteiger partial charge in [-0.1, -0.05) is 67.6 Å². The number of methoxy groups -OCH3 is 1. The van der Waals surface area contributed by atoms with Crippen LogP contribution in [0.2, 0.25) is 0 Å². The average Bonchev–Trinajstić information content (AvgIpc) is 3.49. The molecule has 1 aliphatic heterocycles. The van der Waals surface area contributed by atoms with E-state index in [0.29, 0.717) is 30.0 Å². The zero-order chi connectivity index (χ0) is 35.3. The molecule has 0 radical (unpaired) electrons. The molecule has 9 nitrogen and oxygen atoms in total. The molecule has 262 valence electrons. The lowest BCUT2D eigenvalue weighted by Crippen LogP contribution is -2.46. The fourth-order valence-electron chi connectivity index (χ4n) is 7.01. The van der Waals surface area contributed by atoms with Crippen molar-refractivity contribution < 1.29 is 22.7 Å². The van der Waals surface area contributed by atoms with Gasteiger partial charge in [-0.15, -0.1) is 0 Å². The van der Waals surface area contributed by atoms with Crippen molar-refractivity contribution in [2.45, 2.75) is 64.2 Å². The molecule has 0 spiro atoms. The van der Waals surface area contributed by atoms with E-state index in [-0.39, 0.29) is 49.1 Å². The van der Waals surface area contributed by atoms with Crippen molar-refractivity contribution in [3.05, 3.63) is 118 Å². The minimum absolute atomic E-state index is 0.0530. The summed E-state index contributed by atoms with van der Waals surface area (Å²) in [5.41, 5.74) is 6.44. The van der Waals surface area contributed by atoms with Gasteiger partial charge in [-0.3, -0.25) is 4.79 Å². The summed E-state index contributed by atoms with van der Waals surface area (Å²) in [6.45, 7) is 9.96. The van der Waals surface area contributed by atoms with Crippen molar-refractivity contribution in [2.24, 2.45) is 0 Å². The number of aromatic nitrogens is 1. The zero-order valence-corrected chi connectivity index (χ0v) is 30.7. The lowest BCUT2D eigenvalue weighted by atomic mass is 9.89. The number of hydrogen-bond donors (Lipinski definition) is 0. The number of ether oxygens (including phenoxy) is 2. The van der Waals surface area contributed by atoms with Crippen LogP contribution in [0.25, 0.3) is 0 Å². The molecule has 0 saturated carbocycles. The van der Waals surface area contributed by atoms with Crippen molar-refractivity contribution in [3.63, 3.8) is 0 Å². The van der Waals surface area contributed by atoms with Gasteiger partial charge in [0.25, 0.3) is 0 Å². The lowest BCUT2D eigenvalue weighted by Gasteiger charge is -2.41. The van der Waals surface area contributed by atoms with Gasteiger partial charge in [-0.25, -0.2) is 8.42 Å². The Morgan fingerprint density at radius 3 is 2.24 bits per heavy atom. The zero-order valence-electron chi connectivity index (χ0n) is 29.8. The molecule has 2 heterocycles. The number of rotatable bonds is 14. The highest BCUT2D eigenvalue weighted by molar-refractivity contribution is 7.89. The summed E-state index contributed by atoms with van der Waals surface area (Å²) in [4.78, 5) is 18.3. The number of aryl methyl sites for hydroxylation is 1. The van der Waals surface area contributed by atoms with E-state index in [1.54, 1.807) is 20.1 Å². The molecule has 0 fully saturated rings. The second kappa shape index (κ2) is 15.7. The summed E-state index contributed by atoms with van der Waals surface area (Å²) in [5, 5.41) is 0. The Labute approximate surface area is 292 Å². The van der Waals surface area contributed by atoms with Crippen LogP contribution in [0.3, 0.4) is 0 Å². The predicted octanol–water partition coefficient (Wildman–Crippen LogP) is 6.08. The minimum atomic E-state index is -3.92. The SMILES string of the molecule is COc1cc(C)c(S(=O)(=O)N(CCOCC(=O)N2CCn3c(CN(C)C)ccc3C2C(C)c2ccccc2)Cc2ccccc2)c(C)c1C. The van der Waals surface area contributed by atoms with Gasteiger partial charge in [-0.05, 0) is 80.9 Å². The molecule has 4 aromatic rings. The fourth-order valence-corrected chi connectivity index (χ4v) is 8.91. The van der Waals surface area contributed by atoms with Gasteiger partial charge in [-0.2, -0.15) is 4.31 Å². The van der Waals surface area contributed by atoms with E-state index in [1.165, 1.54) is 10.00 Å². The summed E-state index contributed by atoms with van der Waals surface area (Å²) < 4.78 is 43.9. The molecule has 3 aromatic carbocycles. The molecule has 1 aromatic heterocycles. The van der Waals surface area contributed by atoms with E-state index in [4.69, 9.17) is 9.47 Å². The van der Waals surface area contributed by atoms with Gasteiger partial charge in [0, 0.05) is 50.0 Å². The van der Waals surface area contributed by atoms with E-state index in [2.05, 4.69) is 54.8 Å². The van der Waals surface area contributed by atoms with Crippen molar-refractivity contribution >= 4 is 15.9 Å². The number of fused-ring (bicyclic) bond motifs is 1. The van der Waals surface area contributed by atoms with Crippen molar-refractivity contribution in [1.29, 1.82) is 0 Å². The molecule has 0 saturated heterocycles. The van der Waals surface area contributed by atoms with Gasteiger partial charge >= 0.3 is 0 Å². The van der Waals surface area contributed by atoms with Crippen LogP contribution in [0, 0.1) is 20.8 Å². The van der Waals surface area contributed by atoms with Crippen molar-refractivity contribution in [2.75, 3.05) is 47.5 Å². The minimum Gasteiger partial charge on any atom is -0.496 e. The summed E-state index contributed by atoms with van der Waals surface area (Å²) in [7, 11) is 1.79. The van der Waals surface area contributed by atoms with Crippen LogP contribution in [0.1, 0.15) is 58.1 Å². The molecule has 2 unspecified atom stereocenters. The molecule has 0 N–H and O–H groups in total. The van der Waals surface area contributed by atoms with Gasteiger partial charge in [0.15, 0.2) is 0 Å². The van der Waals surface area contributed by atoms with Crippen LogP contribution in [0.15, 0.2) is 83.8 Å². The molecule has 49 heavy (non-hydrogen) atoms. The number of amides is 1. The van der Waals surface area contributed by atoms with E-state index in [1.807, 2.05) is 67.3 Å². The van der Waals surface area contributed by atoms with E-state index in [9.17, 15) is 13.2 Å².